The van der Waals surface area contributed by atoms with Gasteiger partial charge in [0.2, 0.25) is 0 Å². The topological polar surface area (TPSA) is 86.4 Å². The summed E-state index contributed by atoms with van der Waals surface area (Å²) in [7, 11) is 0. The molecule has 1 heterocycles. The largest absolute Gasteiger partial charge is 0.465 e. The molecule has 3 rings (SSSR count). The van der Waals surface area contributed by atoms with Crippen LogP contribution in [-0.2, 0) is 21.7 Å². The number of hydrogen-bond donors (Lipinski definition) is 0. The summed E-state index contributed by atoms with van der Waals surface area (Å²) in [5, 5.41) is 2.70. The van der Waals surface area contributed by atoms with E-state index in [1.54, 1.807) is 6.92 Å². The van der Waals surface area contributed by atoms with Crippen LogP contribution in [0.1, 0.15) is 58.1 Å². The molecule has 0 aliphatic rings. The molecule has 0 fully saturated rings. The van der Waals surface area contributed by atoms with Crippen LogP contribution in [0.5, 0.6) is 0 Å². The fourth-order valence-electron chi connectivity index (χ4n) is 4.01. The van der Waals surface area contributed by atoms with Crippen LogP contribution in [0.3, 0.4) is 0 Å². The van der Waals surface area contributed by atoms with Gasteiger partial charge in [-0.25, -0.2) is 13.8 Å². The molecule has 8 nitrogen and oxygen atoms in total. The number of thioether (sulfide) groups is 1. The molecule has 2 atom stereocenters. The number of alkyl halides is 3. The van der Waals surface area contributed by atoms with Crippen molar-refractivity contribution < 1.29 is 27.5 Å². The van der Waals surface area contributed by atoms with Crippen LogP contribution < -0.4 is 5.69 Å². The van der Waals surface area contributed by atoms with Crippen molar-refractivity contribution in [2.75, 3.05) is 13.2 Å². The molecule has 2 aromatic carbocycles. The number of rotatable bonds is 11. The second-order valence-electron chi connectivity index (χ2n) is 10.0. The summed E-state index contributed by atoms with van der Waals surface area (Å²) in [4.78, 5) is 37.9. The van der Waals surface area contributed by atoms with Gasteiger partial charge in [0, 0.05) is 29.8 Å². The lowest BCUT2D eigenvalue weighted by Gasteiger charge is -2.30. The van der Waals surface area contributed by atoms with Gasteiger partial charge >= 0.3 is 18.2 Å². The van der Waals surface area contributed by atoms with Crippen molar-refractivity contribution in [3.63, 3.8) is 0 Å². The van der Waals surface area contributed by atoms with Crippen LogP contribution in [0.2, 0.25) is 5.02 Å². The van der Waals surface area contributed by atoms with Crippen LogP contribution in [0.4, 0.5) is 18.0 Å². The molecule has 0 spiro atoms. The Kier molecular flexibility index (Phi) is 14.8. The first kappa shape index (κ1) is 37.2. The van der Waals surface area contributed by atoms with Crippen molar-refractivity contribution in [3.05, 3.63) is 80.7 Å². The Balaban J connectivity index is 0.000000329. The monoisotopic (exact) mass is 676 g/mol. The van der Waals surface area contributed by atoms with Crippen LogP contribution in [-0.4, -0.2) is 55.0 Å². The summed E-state index contributed by atoms with van der Waals surface area (Å²) < 4.78 is 45.5. The summed E-state index contributed by atoms with van der Waals surface area (Å²) in [5.41, 5.74) is -0.168. The number of aromatic nitrogens is 3. The number of halogens is 5. The summed E-state index contributed by atoms with van der Waals surface area (Å²) in [6.07, 6.45) is -0.115. The molecule has 0 N–H and O–H groups in total. The molecule has 3 aromatic rings. The Morgan fingerprint density at radius 1 is 1.11 bits per heavy atom. The molecule has 0 radical (unpaired) electrons. The normalized spacial score (nSPS) is 12.5. The van der Waals surface area contributed by atoms with Gasteiger partial charge in [-0.1, -0.05) is 67.5 Å². The van der Waals surface area contributed by atoms with E-state index in [9.17, 15) is 27.6 Å². The van der Waals surface area contributed by atoms with Gasteiger partial charge in [-0.05, 0) is 56.9 Å². The molecule has 1 aromatic heterocycles. The average molecular weight is 678 g/mol. The van der Waals surface area contributed by atoms with Crippen molar-refractivity contribution in [1.29, 1.82) is 0 Å². The number of hydrogen-bond acceptors (Lipinski definition) is 6. The molecule has 0 saturated heterocycles. The molecular weight excluding hydrogens is 640 g/mol. The molecular formula is C30H37Cl2F3N4O4S. The third-order valence-corrected chi connectivity index (χ3v) is 8.34. The third-order valence-electron chi connectivity index (χ3n) is 6.70. The summed E-state index contributed by atoms with van der Waals surface area (Å²) in [5.74, 6) is -0.678. The summed E-state index contributed by atoms with van der Waals surface area (Å²) in [6, 6.07) is 12.5. The van der Waals surface area contributed by atoms with Gasteiger partial charge in [0.1, 0.15) is 16.9 Å². The highest BCUT2D eigenvalue weighted by Gasteiger charge is 2.24. The van der Waals surface area contributed by atoms with Crippen LogP contribution in [0.25, 0.3) is 5.69 Å². The zero-order valence-electron chi connectivity index (χ0n) is 25.4. The molecule has 44 heavy (non-hydrogen) atoms. The lowest BCUT2D eigenvalue weighted by Crippen LogP contribution is -2.39. The lowest BCUT2D eigenvalue weighted by atomic mass is 10.1. The second kappa shape index (κ2) is 17.5. The molecule has 0 saturated carbocycles. The van der Waals surface area contributed by atoms with E-state index in [1.165, 1.54) is 24.2 Å². The Morgan fingerprint density at radius 3 is 2.27 bits per heavy atom. The average Bonchev–Trinajstić information content (AvgIpc) is 3.27. The maximum Gasteiger partial charge on any atom is 0.355 e. The van der Waals surface area contributed by atoms with Gasteiger partial charge in [-0.3, -0.25) is 9.59 Å². The van der Waals surface area contributed by atoms with E-state index in [0.29, 0.717) is 16.6 Å². The van der Waals surface area contributed by atoms with E-state index in [2.05, 4.69) is 38.0 Å². The van der Waals surface area contributed by atoms with Crippen molar-refractivity contribution in [2.24, 2.45) is 5.92 Å². The van der Waals surface area contributed by atoms with E-state index >= 15 is 0 Å². The Morgan fingerprint density at radius 2 is 1.75 bits per heavy atom. The lowest BCUT2D eigenvalue weighted by molar-refractivity contribution is -0.142. The minimum atomic E-state index is -3.12. The zero-order valence-corrected chi connectivity index (χ0v) is 27.7. The van der Waals surface area contributed by atoms with Gasteiger partial charge in [0.05, 0.1) is 6.61 Å². The number of aryl methyl sites for hydroxylation is 1. The number of carbonyl (C=O) groups is 2. The van der Waals surface area contributed by atoms with E-state index in [-0.39, 0.29) is 44.9 Å². The van der Waals surface area contributed by atoms with Crippen molar-refractivity contribution in [1.82, 2.24) is 19.2 Å². The van der Waals surface area contributed by atoms with Crippen LogP contribution >= 0.6 is 35.0 Å². The number of benzene rings is 2. The van der Waals surface area contributed by atoms with E-state index in [4.69, 9.17) is 27.9 Å². The fourth-order valence-corrected chi connectivity index (χ4v) is 5.41. The number of ether oxygens (including phenoxy) is 1. The number of esters is 1. The third kappa shape index (κ3) is 10.0. The maximum absolute atomic E-state index is 14.2. The van der Waals surface area contributed by atoms with Crippen LogP contribution in [0.15, 0.2) is 47.3 Å². The van der Waals surface area contributed by atoms with E-state index < -0.39 is 29.4 Å². The number of amides is 1. The Labute approximate surface area is 269 Å². The second-order valence-corrected chi connectivity index (χ2v) is 11.9. The first-order chi connectivity index (χ1) is 20.7. The van der Waals surface area contributed by atoms with Crippen molar-refractivity contribution >= 4 is 46.2 Å². The van der Waals surface area contributed by atoms with E-state index in [0.717, 1.165) is 24.4 Å². The molecule has 2 unspecified atom stereocenters. The molecule has 0 aliphatic carbocycles. The molecule has 242 valence electrons. The van der Waals surface area contributed by atoms with Gasteiger partial charge < -0.3 is 9.64 Å². The maximum atomic E-state index is 14.2. The van der Waals surface area contributed by atoms with Gasteiger partial charge in [-0.2, -0.15) is 13.5 Å². The quantitative estimate of drug-likeness (QED) is 0.153. The highest BCUT2D eigenvalue weighted by atomic mass is 35.5. The minimum Gasteiger partial charge on any atom is -0.465 e. The molecule has 14 heteroatoms. The highest BCUT2D eigenvalue weighted by Crippen LogP contribution is 2.26. The van der Waals surface area contributed by atoms with Gasteiger partial charge in [-0.15, -0.1) is 16.7 Å². The van der Waals surface area contributed by atoms with Crippen molar-refractivity contribution in [2.45, 2.75) is 71.7 Å². The van der Waals surface area contributed by atoms with E-state index in [1.807, 2.05) is 30.0 Å². The predicted molar refractivity (Wildman–Crippen MR) is 169 cm³/mol. The molecule has 0 bridgehead atoms. The van der Waals surface area contributed by atoms with Crippen LogP contribution in [0, 0.1) is 18.7 Å². The van der Waals surface area contributed by atoms with Gasteiger partial charge in [0.15, 0.2) is 5.82 Å². The minimum absolute atomic E-state index is 0.0424. The Bertz CT molecular complexity index is 1450. The smallest absolute Gasteiger partial charge is 0.355 e. The molecule has 1 amide bonds. The Hall–Kier alpha value is -2.96. The number of nitrogens with zero attached hydrogens (tertiary/aromatic N) is 4. The number of carbonyl (C=O) groups excluding carboxylic acids is 2. The summed E-state index contributed by atoms with van der Waals surface area (Å²) >= 11 is 13.3. The zero-order chi connectivity index (χ0) is 33.1. The van der Waals surface area contributed by atoms with Crippen molar-refractivity contribution in [3.8, 4) is 5.69 Å². The summed E-state index contributed by atoms with van der Waals surface area (Å²) in [6.45, 7) is 9.05. The van der Waals surface area contributed by atoms with Gasteiger partial charge in [0.25, 0.3) is 5.24 Å². The predicted octanol–water partition coefficient (Wildman–Crippen LogP) is 7.65. The first-order valence-corrected chi connectivity index (χ1v) is 15.8. The highest BCUT2D eigenvalue weighted by molar-refractivity contribution is 8.12. The fraction of sp³-hybridized carbons (Fsp3) is 0.467. The SMILES string of the molecule is CCN(C(=O)SCc1ccccc1)C(C)C(C)C.CCOC(=O)C(Cl)Cc1cc(-n2nc(C)n(C(F)F)c2=O)c(F)cc1Cl. The molecule has 0 aliphatic heterocycles. The first-order valence-electron chi connectivity index (χ1n) is 14.0. The standard InChI is InChI=1S/C15H14Cl2F3N3O3.C15H23NOS/c1-3-26-13(24)10(17)4-8-5-12(11(18)6-9(8)16)23-15(25)22(14(19)20)7(2)21-23;1-5-16(13(4)12(2)3)15(17)18-11-14-9-7-6-8-10-14/h5-6,10,14H,3-4H2,1-2H3;6-10,12-13H,5,11H2,1-4H3.